The fraction of sp³-hybridized carbons (Fsp3) is 1.00. The number of rotatable bonds is 5. The van der Waals surface area contributed by atoms with Crippen LogP contribution in [0.2, 0.25) is 0 Å². The minimum Gasteiger partial charge on any atom is -0.202 e. The SMILES string of the molecule is O=S(=O)(NCC1CCCC1)NC1CCCC1. The van der Waals surface area contributed by atoms with Crippen LogP contribution in [0.25, 0.3) is 0 Å². The molecule has 2 aliphatic rings. The minimum atomic E-state index is -3.25. The molecule has 0 saturated heterocycles. The van der Waals surface area contributed by atoms with Crippen LogP contribution in [0.4, 0.5) is 0 Å². The minimum absolute atomic E-state index is 0.168. The van der Waals surface area contributed by atoms with E-state index in [9.17, 15) is 8.42 Å². The molecule has 2 aliphatic carbocycles. The second-order valence-corrected chi connectivity index (χ2v) is 6.63. The maximum atomic E-state index is 11.7. The molecule has 0 heterocycles. The monoisotopic (exact) mass is 246 g/mol. The Morgan fingerprint density at radius 2 is 1.50 bits per heavy atom. The summed E-state index contributed by atoms with van der Waals surface area (Å²) >= 11 is 0. The van der Waals surface area contributed by atoms with Gasteiger partial charge in [-0.1, -0.05) is 25.7 Å². The Bertz CT molecular complexity index is 304. The second-order valence-electron chi connectivity index (χ2n) is 5.10. The molecule has 4 nitrogen and oxygen atoms in total. The maximum Gasteiger partial charge on any atom is 0.277 e. The average molecular weight is 246 g/mol. The molecule has 94 valence electrons. The molecule has 0 atom stereocenters. The Kier molecular flexibility index (Phi) is 4.21. The largest absolute Gasteiger partial charge is 0.277 e. The predicted molar refractivity (Wildman–Crippen MR) is 64.3 cm³/mol. The summed E-state index contributed by atoms with van der Waals surface area (Å²) in [6, 6.07) is 0.168. The van der Waals surface area contributed by atoms with Crippen LogP contribution in [0.15, 0.2) is 0 Å². The highest BCUT2D eigenvalue weighted by atomic mass is 32.2. The first-order chi connectivity index (χ1) is 7.66. The van der Waals surface area contributed by atoms with E-state index in [2.05, 4.69) is 9.44 Å². The molecule has 2 saturated carbocycles. The molecule has 0 spiro atoms. The molecule has 0 radical (unpaired) electrons. The van der Waals surface area contributed by atoms with Crippen molar-refractivity contribution in [3.8, 4) is 0 Å². The third-order valence-electron chi connectivity index (χ3n) is 3.71. The summed E-state index contributed by atoms with van der Waals surface area (Å²) in [5.41, 5.74) is 0. The molecule has 0 aromatic rings. The van der Waals surface area contributed by atoms with Crippen LogP contribution in [0, 0.1) is 5.92 Å². The van der Waals surface area contributed by atoms with Crippen molar-refractivity contribution >= 4 is 10.2 Å². The van der Waals surface area contributed by atoms with Crippen molar-refractivity contribution in [3.63, 3.8) is 0 Å². The van der Waals surface area contributed by atoms with Crippen LogP contribution >= 0.6 is 0 Å². The van der Waals surface area contributed by atoms with Gasteiger partial charge in [0.25, 0.3) is 10.2 Å². The number of hydrogen-bond acceptors (Lipinski definition) is 2. The Morgan fingerprint density at radius 1 is 0.938 bits per heavy atom. The van der Waals surface area contributed by atoms with E-state index in [4.69, 9.17) is 0 Å². The van der Waals surface area contributed by atoms with Gasteiger partial charge in [-0.05, 0) is 31.6 Å². The highest BCUT2D eigenvalue weighted by Crippen LogP contribution is 2.24. The third-order valence-corrected chi connectivity index (χ3v) is 4.90. The normalized spacial score (nSPS) is 24.2. The van der Waals surface area contributed by atoms with Crippen molar-refractivity contribution in [3.05, 3.63) is 0 Å². The van der Waals surface area contributed by atoms with Gasteiger partial charge in [0.05, 0.1) is 0 Å². The summed E-state index contributed by atoms with van der Waals surface area (Å²) in [7, 11) is -3.25. The summed E-state index contributed by atoms with van der Waals surface area (Å²) in [5, 5.41) is 0. The van der Waals surface area contributed by atoms with E-state index in [-0.39, 0.29) is 6.04 Å². The van der Waals surface area contributed by atoms with Crippen LogP contribution in [-0.2, 0) is 10.2 Å². The van der Waals surface area contributed by atoms with Crippen molar-refractivity contribution in [1.29, 1.82) is 0 Å². The smallest absolute Gasteiger partial charge is 0.202 e. The van der Waals surface area contributed by atoms with Gasteiger partial charge >= 0.3 is 0 Å². The van der Waals surface area contributed by atoms with Gasteiger partial charge < -0.3 is 0 Å². The molecule has 5 heteroatoms. The molecule has 16 heavy (non-hydrogen) atoms. The molecular formula is C11H22N2O2S. The third kappa shape index (κ3) is 3.71. The van der Waals surface area contributed by atoms with Gasteiger partial charge in [0, 0.05) is 12.6 Å². The van der Waals surface area contributed by atoms with E-state index >= 15 is 0 Å². The molecule has 0 aromatic carbocycles. The standard InChI is InChI=1S/C11H22N2O2S/c14-16(15,13-11-7-3-4-8-11)12-9-10-5-1-2-6-10/h10-13H,1-9H2. The number of hydrogen-bond donors (Lipinski definition) is 2. The van der Waals surface area contributed by atoms with Gasteiger partial charge in [-0.2, -0.15) is 13.1 Å². The van der Waals surface area contributed by atoms with E-state index in [1.807, 2.05) is 0 Å². The highest BCUT2D eigenvalue weighted by molar-refractivity contribution is 7.87. The lowest BCUT2D eigenvalue weighted by Gasteiger charge is -2.15. The summed E-state index contributed by atoms with van der Waals surface area (Å²) in [6.45, 7) is 0.613. The first-order valence-electron chi connectivity index (χ1n) is 6.43. The Hall–Kier alpha value is -0.130. The molecule has 2 N–H and O–H groups in total. The zero-order chi connectivity index (χ0) is 11.4. The van der Waals surface area contributed by atoms with Crippen molar-refractivity contribution in [2.24, 2.45) is 5.92 Å². The molecular weight excluding hydrogens is 224 g/mol. The Balaban J connectivity index is 1.73. The topological polar surface area (TPSA) is 58.2 Å². The maximum absolute atomic E-state index is 11.7. The van der Waals surface area contributed by atoms with Crippen molar-refractivity contribution in [2.45, 2.75) is 57.4 Å². The molecule has 0 aromatic heterocycles. The van der Waals surface area contributed by atoms with Gasteiger partial charge in [0.2, 0.25) is 0 Å². The van der Waals surface area contributed by atoms with Crippen LogP contribution in [0.5, 0.6) is 0 Å². The first-order valence-corrected chi connectivity index (χ1v) is 7.91. The van der Waals surface area contributed by atoms with Crippen LogP contribution < -0.4 is 9.44 Å². The summed E-state index contributed by atoms with van der Waals surface area (Å²) in [5.74, 6) is 0.556. The lowest BCUT2D eigenvalue weighted by molar-refractivity contribution is 0.502. The lowest BCUT2D eigenvalue weighted by atomic mass is 10.1. The zero-order valence-corrected chi connectivity index (χ0v) is 10.6. The lowest BCUT2D eigenvalue weighted by Crippen LogP contribution is -2.43. The zero-order valence-electron chi connectivity index (χ0n) is 9.74. The molecule has 0 unspecified atom stereocenters. The van der Waals surface area contributed by atoms with E-state index in [0.717, 1.165) is 25.7 Å². The van der Waals surface area contributed by atoms with Crippen LogP contribution in [-0.4, -0.2) is 21.0 Å². The van der Waals surface area contributed by atoms with Crippen LogP contribution in [0.1, 0.15) is 51.4 Å². The molecule has 0 amide bonds. The van der Waals surface area contributed by atoms with Gasteiger partial charge in [-0.3, -0.25) is 0 Å². The quantitative estimate of drug-likeness (QED) is 0.773. The summed E-state index contributed by atoms with van der Waals surface area (Å²) in [4.78, 5) is 0. The average Bonchev–Trinajstić information content (AvgIpc) is 2.85. The molecule has 2 fully saturated rings. The molecule has 2 rings (SSSR count). The van der Waals surface area contributed by atoms with Gasteiger partial charge in [-0.15, -0.1) is 0 Å². The van der Waals surface area contributed by atoms with Crippen molar-refractivity contribution in [1.82, 2.24) is 9.44 Å². The van der Waals surface area contributed by atoms with Gasteiger partial charge in [0.1, 0.15) is 0 Å². The molecule has 0 aliphatic heterocycles. The van der Waals surface area contributed by atoms with E-state index in [1.165, 1.54) is 25.7 Å². The van der Waals surface area contributed by atoms with Gasteiger partial charge in [0.15, 0.2) is 0 Å². The number of nitrogens with one attached hydrogen (secondary N) is 2. The van der Waals surface area contributed by atoms with E-state index in [0.29, 0.717) is 12.5 Å². The van der Waals surface area contributed by atoms with E-state index in [1.54, 1.807) is 0 Å². The predicted octanol–water partition coefficient (Wildman–Crippen LogP) is 1.54. The fourth-order valence-electron chi connectivity index (χ4n) is 2.75. The van der Waals surface area contributed by atoms with Crippen LogP contribution in [0.3, 0.4) is 0 Å². The van der Waals surface area contributed by atoms with E-state index < -0.39 is 10.2 Å². The molecule has 0 bridgehead atoms. The first kappa shape index (κ1) is 12.3. The van der Waals surface area contributed by atoms with Gasteiger partial charge in [-0.25, -0.2) is 4.72 Å². The summed E-state index contributed by atoms with van der Waals surface area (Å²) in [6.07, 6.45) is 9.13. The Labute approximate surface area is 98.4 Å². The Morgan fingerprint density at radius 3 is 2.12 bits per heavy atom. The second kappa shape index (κ2) is 5.47. The van der Waals surface area contributed by atoms with Crippen molar-refractivity contribution < 1.29 is 8.42 Å². The summed E-state index contributed by atoms with van der Waals surface area (Å²) < 4.78 is 28.9. The highest BCUT2D eigenvalue weighted by Gasteiger charge is 2.22. The van der Waals surface area contributed by atoms with Crippen molar-refractivity contribution in [2.75, 3.05) is 6.54 Å². The fourth-order valence-corrected chi connectivity index (χ4v) is 3.96.